The van der Waals surface area contributed by atoms with Gasteiger partial charge in [0, 0.05) is 31.4 Å². The second-order valence-electron chi connectivity index (χ2n) is 6.34. The van der Waals surface area contributed by atoms with Gasteiger partial charge in [0.05, 0.1) is 12.2 Å². The van der Waals surface area contributed by atoms with Gasteiger partial charge in [-0.15, -0.1) is 0 Å². The monoisotopic (exact) mass is 335 g/mol. The fraction of sp³-hybridized carbons (Fsp3) is 0.300. The van der Waals surface area contributed by atoms with Crippen LogP contribution < -0.4 is 0 Å². The summed E-state index contributed by atoms with van der Waals surface area (Å²) in [6, 6.07) is 14.2. The third kappa shape index (κ3) is 2.97. The van der Waals surface area contributed by atoms with Crippen molar-refractivity contribution in [3.63, 3.8) is 0 Å². The molecular weight excluding hydrogens is 314 g/mol. The first-order valence-corrected chi connectivity index (χ1v) is 8.71. The lowest BCUT2D eigenvalue weighted by atomic mass is 10.1. The van der Waals surface area contributed by atoms with Gasteiger partial charge in [-0.25, -0.2) is 4.98 Å². The van der Waals surface area contributed by atoms with Crippen LogP contribution in [0.15, 0.2) is 59.3 Å². The van der Waals surface area contributed by atoms with Crippen LogP contribution in [0.1, 0.15) is 47.1 Å². The molecule has 5 nitrogen and oxygen atoms in total. The van der Waals surface area contributed by atoms with Crippen molar-refractivity contribution < 1.29 is 9.21 Å². The zero-order valence-electron chi connectivity index (χ0n) is 14.3. The number of carbonyl (C=O) groups excluding carboxylic acids is 1. The standard InChI is InChI=1S/C20H21N3O2/c1-2-17-18-9-6-10-22(18)11-12-23(17)20(24)19-21-14-16(25-19)13-15-7-4-3-5-8-15/h3-10,14,17H,2,11-13H2,1H3/t17-/m0/s1. The number of carbonyl (C=O) groups is 1. The third-order valence-electron chi connectivity index (χ3n) is 4.77. The van der Waals surface area contributed by atoms with Crippen LogP contribution in [0.5, 0.6) is 0 Å². The van der Waals surface area contributed by atoms with Crippen molar-refractivity contribution in [2.45, 2.75) is 32.4 Å². The summed E-state index contributed by atoms with van der Waals surface area (Å²) in [5.41, 5.74) is 2.32. The maximum absolute atomic E-state index is 12.9. The van der Waals surface area contributed by atoms with Crippen LogP contribution in [0.2, 0.25) is 0 Å². The summed E-state index contributed by atoms with van der Waals surface area (Å²) in [4.78, 5) is 19.0. The van der Waals surface area contributed by atoms with E-state index in [1.807, 2.05) is 41.3 Å². The minimum atomic E-state index is -0.126. The number of aromatic nitrogens is 2. The second kappa shape index (κ2) is 6.59. The zero-order valence-corrected chi connectivity index (χ0v) is 14.3. The molecule has 0 unspecified atom stereocenters. The SMILES string of the molecule is CC[C@H]1c2cccn2CCN1C(=O)c1ncc(Cc2ccccc2)o1. The Kier molecular flexibility index (Phi) is 4.14. The summed E-state index contributed by atoms with van der Waals surface area (Å²) in [6.07, 6.45) is 5.24. The maximum atomic E-state index is 12.9. The maximum Gasteiger partial charge on any atom is 0.310 e. The van der Waals surface area contributed by atoms with Crippen molar-refractivity contribution in [3.8, 4) is 0 Å². The predicted octanol–water partition coefficient (Wildman–Crippen LogP) is 3.67. The number of amides is 1. The smallest absolute Gasteiger partial charge is 0.310 e. The Balaban J connectivity index is 1.53. The molecule has 2 aromatic heterocycles. The van der Waals surface area contributed by atoms with Crippen LogP contribution in [-0.4, -0.2) is 26.9 Å². The average molecular weight is 335 g/mol. The van der Waals surface area contributed by atoms with E-state index in [0.717, 1.165) is 18.5 Å². The molecule has 5 heteroatoms. The summed E-state index contributed by atoms with van der Waals surface area (Å²) >= 11 is 0. The van der Waals surface area contributed by atoms with E-state index < -0.39 is 0 Å². The van der Waals surface area contributed by atoms with E-state index in [4.69, 9.17) is 4.42 Å². The molecule has 0 saturated heterocycles. The molecule has 1 aromatic carbocycles. The number of benzene rings is 1. The highest BCUT2D eigenvalue weighted by atomic mass is 16.4. The molecular formula is C20H21N3O2. The number of oxazole rings is 1. The van der Waals surface area contributed by atoms with E-state index in [1.54, 1.807) is 6.20 Å². The van der Waals surface area contributed by atoms with Crippen molar-refractivity contribution in [1.29, 1.82) is 0 Å². The molecule has 1 aliphatic heterocycles. The van der Waals surface area contributed by atoms with Gasteiger partial charge in [0.25, 0.3) is 5.89 Å². The highest BCUT2D eigenvalue weighted by Gasteiger charge is 2.32. The summed E-state index contributed by atoms with van der Waals surface area (Å²) in [6.45, 7) is 3.58. The third-order valence-corrected chi connectivity index (χ3v) is 4.77. The van der Waals surface area contributed by atoms with E-state index in [2.05, 4.69) is 28.7 Å². The lowest BCUT2D eigenvalue weighted by Gasteiger charge is -2.35. The molecule has 0 fully saturated rings. The molecule has 3 aromatic rings. The van der Waals surface area contributed by atoms with E-state index >= 15 is 0 Å². The normalized spacial score (nSPS) is 16.7. The minimum Gasteiger partial charge on any atom is -0.437 e. The molecule has 0 N–H and O–H groups in total. The molecule has 1 aliphatic rings. The Morgan fingerprint density at radius 1 is 1.20 bits per heavy atom. The van der Waals surface area contributed by atoms with Gasteiger partial charge < -0.3 is 13.9 Å². The van der Waals surface area contributed by atoms with Gasteiger partial charge in [-0.05, 0) is 24.1 Å². The van der Waals surface area contributed by atoms with E-state index in [0.29, 0.717) is 18.7 Å². The molecule has 4 rings (SSSR count). The number of rotatable bonds is 4. The fourth-order valence-electron chi connectivity index (χ4n) is 3.55. The summed E-state index contributed by atoms with van der Waals surface area (Å²) in [5, 5.41) is 0. The lowest BCUT2D eigenvalue weighted by molar-refractivity contribution is 0.0575. The Hall–Kier alpha value is -2.82. The second-order valence-corrected chi connectivity index (χ2v) is 6.34. The minimum absolute atomic E-state index is 0.0701. The summed E-state index contributed by atoms with van der Waals surface area (Å²) < 4.78 is 7.97. The molecule has 0 spiro atoms. The molecule has 3 heterocycles. The predicted molar refractivity (Wildman–Crippen MR) is 94.3 cm³/mol. The van der Waals surface area contributed by atoms with Crippen molar-refractivity contribution in [2.75, 3.05) is 6.54 Å². The van der Waals surface area contributed by atoms with Crippen molar-refractivity contribution in [1.82, 2.24) is 14.5 Å². The van der Waals surface area contributed by atoms with Crippen LogP contribution in [0.4, 0.5) is 0 Å². The molecule has 0 bridgehead atoms. The summed E-state index contributed by atoms with van der Waals surface area (Å²) in [5.74, 6) is 0.769. The average Bonchev–Trinajstić information content (AvgIpc) is 3.30. The van der Waals surface area contributed by atoms with Crippen LogP contribution in [0.3, 0.4) is 0 Å². The van der Waals surface area contributed by atoms with Gasteiger partial charge >= 0.3 is 5.91 Å². The first-order valence-electron chi connectivity index (χ1n) is 8.71. The van der Waals surface area contributed by atoms with Crippen LogP contribution >= 0.6 is 0 Å². The van der Waals surface area contributed by atoms with Crippen LogP contribution in [-0.2, 0) is 13.0 Å². The number of hydrogen-bond donors (Lipinski definition) is 0. The molecule has 1 amide bonds. The highest BCUT2D eigenvalue weighted by Crippen LogP contribution is 2.30. The summed E-state index contributed by atoms with van der Waals surface area (Å²) in [7, 11) is 0. The van der Waals surface area contributed by atoms with Gasteiger partial charge in [0.1, 0.15) is 5.76 Å². The molecule has 25 heavy (non-hydrogen) atoms. The van der Waals surface area contributed by atoms with Crippen molar-refractivity contribution in [3.05, 3.63) is 77.8 Å². The quantitative estimate of drug-likeness (QED) is 0.731. The van der Waals surface area contributed by atoms with E-state index in [-0.39, 0.29) is 17.8 Å². The number of hydrogen-bond acceptors (Lipinski definition) is 3. The fourth-order valence-corrected chi connectivity index (χ4v) is 3.55. The van der Waals surface area contributed by atoms with Gasteiger partial charge in [-0.2, -0.15) is 0 Å². The van der Waals surface area contributed by atoms with Crippen LogP contribution in [0.25, 0.3) is 0 Å². The van der Waals surface area contributed by atoms with Gasteiger partial charge in [-0.3, -0.25) is 4.79 Å². The van der Waals surface area contributed by atoms with E-state index in [9.17, 15) is 4.79 Å². The topological polar surface area (TPSA) is 51.3 Å². The van der Waals surface area contributed by atoms with Gasteiger partial charge in [-0.1, -0.05) is 37.3 Å². The molecule has 1 atom stereocenters. The van der Waals surface area contributed by atoms with E-state index in [1.165, 1.54) is 5.69 Å². The first kappa shape index (κ1) is 15.7. The zero-order chi connectivity index (χ0) is 17.2. The van der Waals surface area contributed by atoms with Crippen LogP contribution in [0, 0.1) is 0 Å². The Morgan fingerprint density at radius 2 is 2.04 bits per heavy atom. The highest BCUT2D eigenvalue weighted by molar-refractivity contribution is 5.90. The first-order chi connectivity index (χ1) is 12.3. The Labute approximate surface area is 146 Å². The number of fused-ring (bicyclic) bond motifs is 1. The molecule has 0 saturated carbocycles. The van der Waals surface area contributed by atoms with Crippen molar-refractivity contribution in [2.24, 2.45) is 0 Å². The Morgan fingerprint density at radius 3 is 2.84 bits per heavy atom. The van der Waals surface area contributed by atoms with Gasteiger partial charge in [0.2, 0.25) is 0 Å². The molecule has 128 valence electrons. The largest absolute Gasteiger partial charge is 0.437 e. The number of nitrogens with zero attached hydrogens (tertiary/aromatic N) is 3. The molecule has 0 radical (unpaired) electrons. The Bertz CT molecular complexity index is 866. The molecule has 0 aliphatic carbocycles. The van der Waals surface area contributed by atoms with Crippen molar-refractivity contribution >= 4 is 5.91 Å². The lowest BCUT2D eigenvalue weighted by Crippen LogP contribution is -2.41. The van der Waals surface area contributed by atoms with Gasteiger partial charge in [0.15, 0.2) is 0 Å².